The van der Waals surface area contributed by atoms with Gasteiger partial charge in [-0.1, -0.05) is 6.07 Å². The van der Waals surface area contributed by atoms with Crippen molar-refractivity contribution in [2.45, 2.75) is 6.10 Å². The Hall–Kier alpha value is -2.44. The molecule has 1 atom stereocenters. The van der Waals surface area contributed by atoms with Gasteiger partial charge in [-0.05, 0) is 49.0 Å². The number of ketones is 2. The van der Waals surface area contributed by atoms with Crippen molar-refractivity contribution in [3.8, 4) is 11.5 Å². The van der Waals surface area contributed by atoms with Crippen molar-refractivity contribution >= 4 is 11.6 Å². The summed E-state index contributed by atoms with van der Waals surface area (Å²) in [5, 5.41) is 30.4. The Balaban J connectivity index is 0.000000235. The number of aliphatic hydroxyl groups is 1. The highest BCUT2D eigenvalue weighted by Gasteiger charge is 2.08. The van der Waals surface area contributed by atoms with E-state index >= 15 is 0 Å². The lowest BCUT2D eigenvalue weighted by molar-refractivity contribution is -0.113. The second kappa shape index (κ2) is 7.98. The van der Waals surface area contributed by atoms with E-state index in [4.69, 9.17) is 10.2 Å². The van der Waals surface area contributed by atoms with Crippen LogP contribution in [0.1, 0.15) is 11.7 Å². The standard InChI is InChI=1S/C9H13NO3.C6H4O2/c1-10-5-9(13)6-2-3-7(11)8(12)4-6;7-5-1-2-6(8)4-3-5/h2-4,9-13H,5H2,1H3;1-4H/t9-;/m0./s1. The van der Waals surface area contributed by atoms with Crippen molar-refractivity contribution in [1.82, 2.24) is 5.32 Å². The van der Waals surface area contributed by atoms with Crippen LogP contribution in [0.4, 0.5) is 0 Å². The van der Waals surface area contributed by atoms with E-state index in [9.17, 15) is 14.7 Å². The smallest absolute Gasteiger partial charge is 0.178 e. The zero-order chi connectivity index (χ0) is 15.8. The fourth-order valence-corrected chi connectivity index (χ4v) is 1.50. The number of benzene rings is 1. The van der Waals surface area contributed by atoms with Crippen molar-refractivity contribution in [1.29, 1.82) is 0 Å². The van der Waals surface area contributed by atoms with Gasteiger partial charge in [0, 0.05) is 6.54 Å². The Morgan fingerprint density at radius 1 is 1.00 bits per heavy atom. The second-order valence-corrected chi connectivity index (χ2v) is 4.29. The molecule has 0 saturated heterocycles. The maximum absolute atomic E-state index is 10.3. The molecule has 2 rings (SSSR count). The number of rotatable bonds is 3. The Kier molecular flexibility index (Phi) is 6.32. The van der Waals surface area contributed by atoms with Crippen molar-refractivity contribution in [2.75, 3.05) is 13.6 Å². The molecule has 0 unspecified atom stereocenters. The molecule has 0 fully saturated rings. The molecule has 1 aliphatic carbocycles. The molecule has 0 bridgehead atoms. The summed E-state index contributed by atoms with van der Waals surface area (Å²) in [6.07, 6.45) is 4.34. The Morgan fingerprint density at radius 2 is 1.52 bits per heavy atom. The Labute approximate surface area is 122 Å². The van der Waals surface area contributed by atoms with Crippen LogP contribution >= 0.6 is 0 Å². The van der Waals surface area contributed by atoms with E-state index in [1.54, 1.807) is 13.1 Å². The first kappa shape index (κ1) is 16.6. The summed E-state index contributed by atoms with van der Waals surface area (Å²) >= 11 is 0. The van der Waals surface area contributed by atoms with Crippen molar-refractivity contribution in [3.05, 3.63) is 48.1 Å². The molecule has 0 heterocycles. The van der Waals surface area contributed by atoms with Crippen molar-refractivity contribution in [2.24, 2.45) is 0 Å². The molecule has 0 aromatic heterocycles. The minimum absolute atomic E-state index is 0.121. The zero-order valence-electron chi connectivity index (χ0n) is 11.5. The summed E-state index contributed by atoms with van der Waals surface area (Å²) in [7, 11) is 1.73. The van der Waals surface area contributed by atoms with Gasteiger partial charge < -0.3 is 20.6 Å². The van der Waals surface area contributed by atoms with E-state index < -0.39 is 6.10 Å². The summed E-state index contributed by atoms with van der Waals surface area (Å²) in [6, 6.07) is 4.26. The van der Waals surface area contributed by atoms with Gasteiger partial charge in [0.25, 0.3) is 0 Å². The van der Waals surface area contributed by atoms with Gasteiger partial charge in [-0.2, -0.15) is 0 Å². The molecule has 0 aliphatic heterocycles. The van der Waals surface area contributed by atoms with Gasteiger partial charge in [-0.15, -0.1) is 0 Å². The summed E-state index contributed by atoms with van der Waals surface area (Å²) in [5.74, 6) is -0.637. The normalized spacial score (nSPS) is 14.6. The van der Waals surface area contributed by atoms with E-state index in [1.807, 2.05) is 0 Å². The fourth-order valence-electron chi connectivity index (χ4n) is 1.50. The summed E-state index contributed by atoms with van der Waals surface area (Å²) in [5.41, 5.74) is 0.574. The van der Waals surface area contributed by atoms with Gasteiger partial charge in [0.15, 0.2) is 23.1 Å². The Morgan fingerprint density at radius 3 is 1.95 bits per heavy atom. The maximum Gasteiger partial charge on any atom is 0.178 e. The first-order valence-corrected chi connectivity index (χ1v) is 6.22. The molecule has 1 aliphatic rings. The number of aromatic hydroxyl groups is 2. The monoisotopic (exact) mass is 291 g/mol. The number of carbonyl (C=O) groups excluding carboxylic acids is 2. The van der Waals surface area contributed by atoms with Crippen LogP contribution in [0.25, 0.3) is 0 Å². The SMILES string of the molecule is CNC[C@H](O)c1ccc(O)c(O)c1.O=C1C=CC(=O)C=C1. The van der Waals surface area contributed by atoms with Crippen LogP contribution in [0.5, 0.6) is 11.5 Å². The largest absolute Gasteiger partial charge is 0.504 e. The van der Waals surface area contributed by atoms with Gasteiger partial charge in [0.05, 0.1) is 6.10 Å². The highest BCUT2D eigenvalue weighted by atomic mass is 16.3. The van der Waals surface area contributed by atoms with E-state index in [1.165, 1.54) is 36.4 Å². The Bertz CT molecular complexity index is 539. The van der Waals surface area contributed by atoms with Gasteiger partial charge >= 0.3 is 0 Å². The van der Waals surface area contributed by atoms with Crippen LogP contribution < -0.4 is 5.32 Å². The molecule has 4 N–H and O–H groups in total. The number of nitrogens with one attached hydrogen (secondary N) is 1. The zero-order valence-corrected chi connectivity index (χ0v) is 11.5. The number of allylic oxidation sites excluding steroid dienone is 4. The molecule has 1 aromatic rings. The number of phenolic OH excluding ortho intramolecular Hbond substituents is 2. The minimum Gasteiger partial charge on any atom is -0.504 e. The summed E-state index contributed by atoms with van der Waals surface area (Å²) in [6.45, 7) is 0.407. The summed E-state index contributed by atoms with van der Waals surface area (Å²) < 4.78 is 0. The van der Waals surface area contributed by atoms with Crippen LogP contribution in [0, 0.1) is 0 Å². The lowest BCUT2D eigenvalue weighted by Crippen LogP contribution is -2.16. The molecular formula is C15H17NO5. The number of carbonyl (C=O) groups is 2. The number of likely N-dealkylation sites (N-methyl/N-ethyl adjacent to an activating group) is 1. The predicted octanol–water partition coefficient (Wildman–Crippen LogP) is 0.601. The van der Waals surface area contributed by atoms with Crippen molar-refractivity contribution in [3.63, 3.8) is 0 Å². The molecule has 6 nitrogen and oxygen atoms in total. The predicted molar refractivity (Wildman–Crippen MR) is 77.0 cm³/mol. The van der Waals surface area contributed by atoms with Crippen LogP contribution in [-0.2, 0) is 9.59 Å². The third-order valence-electron chi connectivity index (χ3n) is 2.61. The van der Waals surface area contributed by atoms with E-state index in [-0.39, 0.29) is 23.1 Å². The van der Waals surface area contributed by atoms with Crippen LogP contribution in [0.2, 0.25) is 0 Å². The molecule has 0 spiro atoms. The number of hydrogen-bond donors (Lipinski definition) is 4. The first-order valence-electron chi connectivity index (χ1n) is 6.22. The topological polar surface area (TPSA) is 107 Å². The third kappa shape index (κ3) is 5.60. The second-order valence-electron chi connectivity index (χ2n) is 4.29. The van der Waals surface area contributed by atoms with E-state index in [0.29, 0.717) is 12.1 Å². The highest BCUT2D eigenvalue weighted by molar-refractivity contribution is 6.14. The van der Waals surface area contributed by atoms with E-state index in [0.717, 1.165) is 0 Å². The third-order valence-corrected chi connectivity index (χ3v) is 2.61. The van der Waals surface area contributed by atoms with Gasteiger partial charge in [-0.3, -0.25) is 9.59 Å². The van der Waals surface area contributed by atoms with Crippen LogP contribution in [0.3, 0.4) is 0 Å². The molecular weight excluding hydrogens is 274 g/mol. The molecule has 112 valence electrons. The van der Waals surface area contributed by atoms with Gasteiger partial charge in [-0.25, -0.2) is 0 Å². The number of phenols is 2. The molecule has 1 aromatic carbocycles. The van der Waals surface area contributed by atoms with Crippen LogP contribution in [-0.4, -0.2) is 40.5 Å². The van der Waals surface area contributed by atoms with Crippen LogP contribution in [0.15, 0.2) is 42.5 Å². The molecule has 0 amide bonds. The first-order chi connectivity index (χ1) is 9.93. The number of hydrogen-bond acceptors (Lipinski definition) is 6. The average Bonchev–Trinajstić information content (AvgIpc) is 2.46. The number of aliphatic hydroxyl groups excluding tert-OH is 1. The maximum atomic E-state index is 10.3. The molecule has 0 saturated carbocycles. The lowest BCUT2D eigenvalue weighted by Gasteiger charge is -2.10. The fraction of sp³-hybridized carbons (Fsp3) is 0.200. The molecule has 0 radical (unpaired) electrons. The quantitative estimate of drug-likeness (QED) is 0.480. The minimum atomic E-state index is -0.670. The average molecular weight is 291 g/mol. The van der Waals surface area contributed by atoms with Crippen molar-refractivity contribution < 1.29 is 24.9 Å². The van der Waals surface area contributed by atoms with Gasteiger partial charge in [0.1, 0.15) is 0 Å². The summed E-state index contributed by atoms with van der Waals surface area (Å²) in [4.78, 5) is 20.6. The highest BCUT2D eigenvalue weighted by Crippen LogP contribution is 2.27. The van der Waals surface area contributed by atoms with Gasteiger partial charge in [0.2, 0.25) is 0 Å². The lowest BCUT2D eigenvalue weighted by atomic mass is 10.1. The van der Waals surface area contributed by atoms with E-state index in [2.05, 4.69) is 5.32 Å². The molecule has 21 heavy (non-hydrogen) atoms. The molecule has 6 heteroatoms.